The summed E-state index contributed by atoms with van der Waals surface area (Å²) in [5.74, 6) is 0.507. The second-order valence-electron chi connectivity index (χ2n) is 6.51. The predicted octanol–water partition coefficient (Wildman–Crippen LogP) is 3.14. The lowest BCUT2D eigenvalue weighted by Crippen LogP contribution is -2.43. The van der Waals surface area contributed by atoms with E-state index in [9.17, 15) is 9.59 Å². The molecule has 0 aromatic heterocycles. The minimum Gasteiger partial charge on any atom is -0.492 e. The number of carbonyl (C=O) groups excluding carboxylic acids is 2. The van der Waals surface area contributed by atoms with E-state index in [4.69, 9.17) is 10.5 Å². The average Bonchev–Trinajstić information content (AvgIpc) is 2.70. The number of ether oxygens (including phenoxy) is 1. The third kappa shape index (κ3) is 5.47. The van der Waals surface area contributed by atoms with Gasteiger partial charge in [-0.2, -0.15) is 0 Å². The number of nitrogens with one attached hydrogen (secondary N) is 1. The van der Waals surface area contributed by atoms with Gasteiger partial charge >= 0.3 is 0 Å². The minimum atomic E-state index is -0.632. The maximum absolute atomic E-state index is 13.1. The van der Waals surface area contributed by atoms with Crippen molar-refractivity contribution in [3.05, 3.63) is 60.2 Å². The molecule has 0 aliphatic carbocycles. The van der Waals surface area contributed by atoms with Crippen molar-refractivity contribution in [2.45, 2.75) is 25.3 Å². The van der Waals surface area contributed by atoms with Crippen molar-refractivity contribution in [1.29, 1.82) is 0 Å². The third-order valence-corrected chi connectivity index (χ3v) is 4.54. The van der Waals surface area contributed by atoms with E-state index in [2.05, 4.69) is 5.32 Å². The van der Waals surface area contributed by atoms with Crippen molar-refractivity contribution in [2.24, 2.45) is 5.73 Å². The first-order valence-electron chi connectivity index (χ1n) is 9.27. The Labute approximate surface area is 171 Å². The molecular weight excluding hydrogens is 378 g/mol. The molecule has 6 nitrogen and oxygen atoms in total. The summed E-state index contributed by atoms with van der Waals surface area (Å²) >= 11 is 0. The number of anilines is 1. The van der Waals surface area contributed by atoms with Gasteiger partial charge in [-0.25, -0.2) is 0 Å². The summed E-state index contributed by atoms with van der Waals surface area (Å²) in [5, 5.41) is 2.93. The molecule has 0 bridgehead atoms. The van der Waals surface area contributed by atoms with Crippen LogP contribution >= 0.6 is 12.4 Å². The fourth-order valence-corrected chi connectivity index (χ4v) is 3.23. The zero-order valence-corrected chi connectivity index (χ0v) is 16.5. The van der Waals surface area contributed by atoms with E-state index in [-0.39, 0.29) is 24.2 Å². The molecule has 7 heteroatoms. The molecule has 3 N–H and O–H groups in total. The number of carbonyl (C=O) groups is 2. The summed E-state index contributed by atoms with van der Waals surface area (Å²) in [6, 6.07) is 15.9. The number of nitrogens with zero attached hydrogens (tertiary/aromatic N) is 1. The summed E-state index contributed by atoms with van der Waals surface area (Å²) in [5.41, 5.74) is 6.90. The second-order valence-corrected chi connectivity index (χ2v) is 6.51. The van der Waals surface area contributed by atoms with Crippen LogP contribution in [0.1, 0.15) is 30.9 Å². The van der Waals surface area contributed by atoms with E-state index in [1.165, 1.54) is 0 Å². The number of benzene rings is 2. The number of likely N-dealkylation sites (tertiary alicyclic amines) is 1. The van der Waals surface area contributed by atoms with Crippen molar-refractivity contribution in [3.8, 4) is 5.75 Å². The Kier molecular flexibility index (Phi) is 8.29. The van der Waals surface area contributed by atoms with Gasteiger partial charge in [0.05, 0.1) is 0 Å². The molecule has 28 heavy (non-hydrogen) atoms. The van der Waals surface area contributed by atoms with Crippen LogP contribution in [0.4, 0.5) is 5.69 Å². The van der Waals surface area contributed by atoms with Crippen LogP contribution in [0.15, 0.2) is 54.6 Å². The maximum Gasteiger partial charge on any atom is 0.251 e. The van der Waals surface area contributed by atoms with Gasteiger partial charge < -0.3 is 20.7 Å². The SMILES string of the molecule is Cl.NCCOc1ccc(NC(=O)C(c2ccccc2)N2CCCCC2=O)cc1. The molecule has 150 valence electrons. The van der Waals surface area contributed by atoms with Gasteiger partial charge in [-0.1, -0.05) is 30.3 Å². The Morgan fingerprint density at radius 1 is 1.11 bits per heavy atom. The van der Waals surface area contributed by atoms with Gasteiger partial charge in [-0.3, -0.25) is 9.59 Å². The number of nitrogens with two attached hydrogens (primary N) is 1. The van der Waals surface area contributed by atoms with Crippen LogP contribution in [0.3, 0.4) is 0 Å². The Morgan fingerprint density at radius 3 is 2.46 bits per heavy atom. The summed E-state index contributed by atoms with van der Waals surface area (Å²) in [7, 11) is 0. The number of hydrogen-bond donors (Lipinski definition) is 2. The lowest BCUT2D eigenvalue weighted by molar-refractivity contribution is -0.141. The summed E-state index contributed by atoms with van der Waals surface area (Å²) in [6.45, 7) is 1.48. The van der Waals surface area contributed by atoms with Gasteiger partial charge in [0.25, 0.3) is 5.91 Å². The normalized spacial score (nSPS) is 14.8. The van der Waals surface area contributed by atoms with Crippen molar-refractivity contribution < 1.29 is 14.3 Å². The second kappa shape index (κ2) is 10.7. The molecule has 0 saturated carbocycles. The van der Waals surface area contributed by atoms with Gasteiger partial charge in [0, 0.05) is 25.2 Å². The fourth-order valence-electron chi connectivity index (χ4n) is 3.23. The number of hydrogen-bond acceptors (Lipinski definition) is 4. The van der Waals surface area contributed by atoms with Gasteiger partial charge in [0.2, 0.25) is 5.91 Å². The molecule has 0 spiro atoms. The number of piperidine rings is 1. The van der Waals surface area contributed by atoms with E-state index in [0.717, 1.165) is 18.4 Å². The molecule has 0 radical (unpaired) electrons. The van der Waals surface area contributed by atoms with E-state index >= 15 is 0 Å². The summed E-state index contributed by atoms with van der Waals surface area (Å²) in [4.78, 5) is 27.2. The van der Waals surface area contributed by atoms with Crippen molar-refractivity contribution in [3.63, 3.8) is 0 Å². The minimum absolute atomic E-state index is 0. The zero-order valence-electron chi connectivity index (χ0n) is 15.7. The highest BCUT2D eigenvalue weighted by Gasteiger charge is 2.32. The monoisotopic (exact) mass is 403 g/mol. The van der Waals surface area contributed by atoms with Crippen molar-refractivity contribution in [1.82, 2.24) is 4.90 Å². The van der Waals surface area contributed by atoms with E-state index in [1.807, 2.05) is 30.3 Å². The molecule has 1 saturated heterocycles. The van der Waals surface area contributed by atoms with Crippen LogP contribution in [0.25, 0.3) is 0 Å². The molecule has 3 rings (SSSR count). The molecule has 1 aliphatic heterocycles. The van der Waals surface area contributed by atoms with Crippen LogP contribution in [0.2, 0.25) is 0 Å². The lowest BCUT2D eigenvalue weighted by Gasteiger charge is -2.34. The van der Waals surface area contributed by atoms with Gasteiger partial charge in [0.1, 0.15) is 18.4 Å². The first-order valence-corrected chi connectivity index (χ1v) is 9.27. The third-order valence-electron chi connectivity index (χ3n) is 4.54. The lowest BCUT2D eigenvalue weighted by atomic mass is 10.0. The highest BCUT2D eigenvalue weighted by molar-refractivity contribution is 5.98. The molecular formula is C21H26ClN3O3. The largest absolute Gasteiger partial charge is 0.492 e. The standard InChI is InChI=1S/C21H25N3O3.ClH/c22-13-15-27-18-11-9-17(10-12-18)23-21(26)20(16-6-2-1-3-7-16)24-14-5-4-8-19(24)25;/h1-3,6-7,9-12,20H,4-5,8,13-15,22H2,(H,23,26);1H. The number of rotatable bonds is 7. The number of amides is 2. The van der Waals surface area contributed by atoms with E-state index < -0.39 is 6.04 Å². The molecule has 2 aromatic carbocycles. The summed E-state index contributed by atoms with van der Waals surface area (Å²) < 4.78 is 5.45. The summed E-state index contributed by atoms with van der Waals surface area (Å²) in [6.07, 6.45) is 2.28. The van der Waals surface area contributed by atoms with Crippen LogP contribution in [-0.4, -0.2) is 36.4 Å². The van der Waals surface area contributed by atoms with Crippen LogP contribution in [0, 0.1) is 0 Å². The van der Waals surface area contributed by atoms with Crippen molar-refractivity contribution in [2.75, 3.05) is 25.0 Å². The van der Waals surface area contributed by atoms with Crippen molar-refractivity contribution >= 4 is 29.9 Å². The molecule has 1 unspecified atom stereocenters. The Bertz CT molecular complexity index is 768. The van der Waals surface area contributed by atoms with E-state index in [1.54, 1.807) is 29.2 Å². The van der Waals surface area contributed by atoms with Crippen LogP contribution in [-0.2, 0) is 9.59 Å². The molecule has 2 aromatic rings. The van der Waals surface area contributed by atoms with E-state index in [0.29, 0.717) is 37.6 Å². The van der Waals surface area contributed by atoms with Gasteiger partial charge in [0.15, 0.2) is 0 Å². The highest BCUT2D eigenvalue weighted by Crippen LogP contribution is 2.27. The van der Waals surface area contributed by atoms with Crippen LogP contribution < -0.4 is 15.8 Å². The first-order chi connectivity index (χ1) is 13.2. The van der Waals surface area contributed by atoms with Crippen LogP contribution in [0.5, 0.6) is 5.75 Å². The molecule has 1 aliphatic rings. The maximum atomic E-state index is 13.1. The average molecular weight is 404 g/mol. The zero-order chi connectivity index (χ0) is 19.1. The molecule has 1 fully saturated rings. The van der Waals surface area contributed by atoms with Gasteiger partial charge in [-0.05, 0) is 42.7 Å². The fraction of sp³-hybridized carbons (Fsp3) is 0.333. The Morgan fingerprint density at radius 2 is 1.82 bits per heavy atom. The first kappa shape index (κ1) is 21.7. The molecule has 2 amide bonds. The predicted molar refractivity (Wildman–Crippen MR) is 112 cm³/mol. The smallest absolute Gasteiger partial charge is 0.251 e. The number of halogens is 1. The topological polar surface area (TPSA) is 84.7 Å². The quantitative estimate of drug-likeness (QED) is 0.743. The van der Waals surface area contributed by atoms with Gasteiger partial charge in [-0.15, -0.1) is 12.4 Å². The molecule has 1 heterocycles. The highest BCUT2D eigenvalue weighted by atomic mass is 35.5. The Hall–Kier alpha value is -2.57. The molecule has 1 atom stereocenters. The Balaban J connectivity index is 0.00000280.